The van der Waals surface area contributed by atoms with Crippen molar-refractivity contribution in [3.63, 3.8) is 0 Å². The summed E-state index contributed by atoms with van der Waals surface area (Å²) in [6.45, 7) is 14.1. The van der Waals surface area contributed by atoms with E-state index in [1.54, 1.807) is 12.5 Å². The molecule has 0 aliphatic heterocycles. The van der Waals surface area contributed by atoms with Crippen molar-refractivity contribution in [1.29, 1.82) is 0 Å². The quantitative estimate of drug-likeness (QED) is 0.313. The summed E-state index contributed by atoms with van der Waals surface area (Å²) in [4.78, 5) is 4.44. The molecule has 0 N–H and O–H groups in total. The zero-order valence-corrected chi connectivity index (χ0v) is 17.9. The Bertz CT molecular complexity index is 732. The maximum atomic E-state index is 12.0. The number of ether oxygens (including phenoxy) is 1. The summed E-state index contributed by atoms with van der Waals surface area (Å²) < 4.78 is 23.6. The van der Waals surface area contributed by atoms with Crippen LogP contribution in [-0.4, -0.2) is 39.7 Å². The Hall–Kier alpha value is -1.15. The van der Waals surface area contributed by atoms with Gasteiger partial charge in [-0.3, -0.25) is 0 Å². The van der Waals surface area contributed by atoms with Crippen molar-refractivity contribution in [1.82, 2.24) is 9.55 Å². The fourth-order valence-corrected chi connectivity index (χ4v) is 3.36. The number of fused-ring (bicyclic) bond motifs is 1. The minimum atomic E-state index is -1.25. The van der Waals surface area contributed by atoms with Gasteiger partial charge in [0.1, 0.15) is 22.8 Å². The first-order valence-corrected chi connectivity index (χ1v) is 13.4. The van der Waals surface area contributed by atoms with Gasteiger partial charge in [-0.15, -0.1) is 0 Å². The molecular formula is C18H29N3O2SSi. The minimum Gasteiger partial charge on any atom is -0.591 e. The van der Waals surface area contributed by atoms with Gasteiger partial charge in [0.2, 0.25) is 0 Å². The molecule has 5 nitrogen and oxygen atoms in total. The molecule has 0 aliphatic carbocycles. The van der Waals surface area contributed by atoms with Gasteiger partial charge in [-0.05, 0) is 44.5 Å². The van der Waals surface area contributed by atoms with Crippen molar-refractivity contribution < 1.29 is 9.29 Å². The summed E-state index contributed by atoms with van der Waals surface area (Å²) in [5.41, 5.74) is 2.82. The number of rotatable bonds is 7. The first-order chi connectivity index (χ1) is 11.6. The van der Waals surface area contributed by atoms with Gasteiger partial charge in [-0.1, -0.05) is 30.1 Å². The Morgan fingerprint density at radius 3 is 2.68 bits per heavy atom. The second-order valence-electron chi connectivity index (χ2n) is 8.41. The number of aromatic nitrogens is 2. The van der Waals surface area contributed by atoms with Crippen molar-refractivity contribution in [3.8, 4) is 0 Å². The van der Waals surface area contributed by atoms with Gasteiger partial charge >= 0.3 is 0 Å². The highest BCUT2D eigenvalue weighted by Crippen LogP contribution is 2.18. The number of hydrogen-bond donors (Lipinski definition) is 0. The lowest BCUT2D eigenvalue weighted by Gasteiger charge is -2.17. The lowest BCUT2D eigenvalue weighted by molar-refractivity contribution is 0.0898. The molecular weight excluding hydrogens is 350 g/mol. The van der Waals surface area contributed by atoms with Crippen LogP contribution in [0.3, 0.4) is 0 Å². The average molecular weight is 380 g/mol. The summed E-state index contributed by atoms with van der Waals surface area (Å²) in [7, 11) is -1.06. The lowest BCUT2D eigenvalue weighted by Crippen LogP contribution is -2.25. The molecule has 0 fully saturated rings. The normalized spacial score (nSPS) is 14.5. The summed E-state index contributed by atoms with van der Waals surface area (Å²) in [5.74, 6) is 0. The Balaban J connectivity index is 2.02. The van der Waals surface area contributed by atoms with Gasteiger partial charge in [0, 0.05) is 14.7 Å². The van der Waals surface area contributed by atoms with Crippen molar-refractivity contribution in [2.45, 2.75) is 57.9 Å². The van der Waals surface area contributed by atoms with E-state index in [1.807, 2.05) is 43.5 Å². The Morgan fingerprint density at radius 2 is 2.04 bits per heavy atom. The zero-order chi connectivity index (χ0) is 18.7. The van der Waals surface area contributed by atoms with Crippen molar-refractivity contribution >= 4 is 36.7 Å². The van der Waals surface area contributed by atoms with E-state index >= 15 is 0 Å². The van der Waals surface area contributed by atoms with Crippen LogP contribution in [0.1, 0.15) is 26.3 Å². The maximum Gasteiger partial charge on any atom is 0.144 e. The molecule has 138 valence electrons. The zero-order valence-electron chi connectivity index (χ0n) is 16.1. The molecule has 1 atom stereocenters. The molecule has 1 aromatic heterocycles. The summed E-state index contributed by atoms with van der Waals surface area (Å²) in [5, 5.41) is 0. The molecule has 0 spiro atoms. The Kier molecular flexibility index (Phi) is 6.48. The Labute approximate surface area is 154 Å². The summed E-state index contributed by atoms with van der Waals surface area (Å²) in [6.07, 6.45) is 3.46. The third kappa shape index (κ3) is 6.25. The van der Waals surface area contributed by atoms with Crippen LogP contribution in [0.25, 0.3) is 11.0 Å². The summed E-state index contributed by atoms with van der Waals surface area (Å²) in [6, 6.07) is 7.08. The maximum absolute atomic E-state index is 12.0. The fourth-order valence-electron chi connectivity index (χ4n) is 2.07. The second kappa shape index (κ2) is 8.03. The van der Waals surface area contributed by atoms with E-state index < -0.39 is 19.4 Å². The molecule has 0 radical (unpaired) electrons. The van der Waals surface area contributed by atoms with Crippen LogP contribution in [0.15, 0.2) is 28.9 Å². The smallest absolute Gasteiger partial charge is 0.144 e. The average Bonchev–Trinajstić information content (AvgIpc) is 2.89. The fraction of sp³-hybridized carbons (Fsp3) is 0.556. The molecule has 2 aromatic rings. The van der Waals surface area contributed by atoms with E-state index in [2.05, 4.69) is 29.0 Å². The van der Waals surface area contributed by atoms with E-state index in [0.717, 1.165) is 29.2 Å². The molecule has 0 amide bonds. The second-order valence-corrected chi connectivity index (χ2v) is 16.0. The van der Waals surface area contributed by atoms with E-state index in [4.69, 9.17) is 4.74 Å². The third-order valence-corrected chi connectivity index (χ3v) is 6.74. The predicted molar refractivity (Wildman–Crippen MR) is 109 cm³/mol. The number of benzene rings is 1. The molecule has 0 bridgehead atoms. The van der Waals surface area contributed by atoms with Crippen LogP contribution in [-0.2, 0) is 22.8 Å². The van der Waals surface area contributed by atoms with Gasteiger partial charge in [-0.2, -0.15) is 0 Å². The monoisotopic (exact) mass is 379 g/mol. The third-order valence-electron chi connectivity index (χ3n) is 3.69. The van der Waals surface area contributed by atoms with Crippen LogP contribution < -0.4 is 0 Å². The molecule has 7 heteroatoms. The van der Waals surface area contributed by atoms with E-state index in [0.29, 0.717) is 6.73 Å². The molecule has 1 heterocycles. The highest BCUT2D eigenvalue weighted by Gasteiger charge is 2.25. The van der Waals surface area contributed by atoms with Crippen molar-refractivity contribution in [2.75, 3.05) is 6.61 Å². The molecule has 2 rings (SSSR count). The number of nitrogens with zero attached hydrogens (tertiary/aromatic N) is 3. The van der Waals surface area contributed by atoms with Crippen LogP contribution in [0.5, 0.6) is 0 Å². The SMILES string of the molecule is CC(C)(C)[S@@+]([O-])/N=C/c1ccc2c(c1)ncn2COCC[Si](C)(C)C. The van der Waals surface area contributed by atoms with Crippen molar-refractivity contribution in [3.05, 3.63) is 30.1 Å². The lowest BCUT2D eigenvalue weighted by atomic mass is 10.2. The first-order valence-electron chi connectivity index (χ1n) is 8.55. The molecule has 0 saturated heterocycles. The molecule has 0 aliphatic rings. The Morgan fingerprint density at radius 1 is 1.32 bits per heavy atom. The van der Waals surface area contributed by atoms with Crippen LogP contribution in [0.4, 0.5) is 0 Å². The topological polar surface area (TPSA) is 62.5 Å². The van der Waals surface area contributed by atoms with Gasteiger partial charge in [0.05, 0.1) is 23.6 Å². The number of imidazole rings is 1. The van der Waals surface area contributed by atoms with Gasteiger partial charge < -0.3 is 13.9 Å². The van der Waals surface area contributed by atoms with Crippen molar-refractivity contribution in [2.24, 2.45) is 4.40 Å². The van der Waals surface area contributed by atoms with E-state index in [9.17, 15) is 4.55 Å². The largest absolute Gasteiger partial charge is 0.591 e. The van der Waals surface area contributed by atoms with Gasteiger partial charge in [-0.25, -0.2) is 4.98 Å². The van der Waals surface area contributed by atoms with Crippen LogP contribution in [0.2, 0.25) is 25.7 Å². The number of hydrogen-bond acceptors (Lipinski definition) is 4. The molecule has 25 heavy (non-hydrogen) atoms. The minimum absolute atomic E-state index is 0.352. The van der Waals surface area contributed by atoms with Gasteiger partial charge in [0.15, 0.2) is 0 Å². The van der Waals surface area contributed by atoms with E-state index in [-0.39, 0.29) is 4.75 Å². The molecule has 1 aromatic carbocycles. The summed E-state index contributed by atoms with van der Waals surface area (Å²) >= 11 is -1.25. The standard InChI is InChI=1S/C18H29N3O2SSi/c1-18(2,3)24(22)20-12-15-7-8-17-16(11-15)19-13-21(17)14-23-9-10-25(4,5)6/h7-8,11-13H,9-10,14H2,1-6H3/b20-12+/t24-/m1/s1. The first kappa shape index (κ1) is 20.2. The van der Waals surface area contributed by atoms with Crippen LogP contribution in [0, 0.1) is 0 Å². The highest BCUT2D eigenvalue weighted by molar-refractivity contribution is 7.91. The van der Waals surface area contributed by atoms with Gasteiger partial charge in [0.25, 0.3) is 0 Å². The van der Waals surface area contributed by atoms with E-state index in [1.165, 1.54) is 0 Å². The molecule has 0 unspecified atom stereocenters. The molecule has 0 saturated carbocycles. The highest BCUT2D eigenvalue weighted by atomic mass is 32.2. The predicted octanol–water partition coefficient (Wildman–Crippen LogP) is 4.23. The van der Waals surface area contributed by atoms with Crippen LogP contribution >= 0.6 is 0 Å².